The van der Waals surface area contributed by atoms with Gasteiger partial charge in [-0.05, 0) is 24.7 Å². The highest BCUT2D eigenvalue weighted by Crippen LogP contribution is 2.39. The highest BCUT2D eigenvalue weighted by Gasteiger charge is 2.14. The molecular formula is C15H25N3O3S. The molecule has 2 rings (SSSR count). The maximum Gasteiger partial charge on any atom is 0.164 e. The molecule has 0 aliphatic rings. The Labute approximate surface area is 132 Å². The van der Waals surface area contributed by atoms with Crippen molar-refractivity contribution in [1.29, 1.82) is 0 Å². The van der Waals surface area contributed by atoms with Crippen LogP contribution in [0.15, 0.2) is 23.0 Å². The number of aromatic nitrogens is 3. The average molecular weight is 327 g/mol. The van der Waals surface area contributed by atoms with E-state index in [1.807, 2.05) is 4.57 Å². The Hall–Kier alpha value is -1.31. The first-order chi connectivity index (χ1) is 10.6. The van der Waals surface area contributed by atoms with Crippen molar-refractivity contribution in [3.8, 4) is 11.5 Å². The van der Waals surface area contributed by atoms with Crippen LogP contribution in [0, 0.1) is 0 Å². The molecule has 2 aromatic heterocycles. The minimum Gasteiger partial charge on any atom is -0.390 e. The number of imidazole rings is 1. The molecule has 0 unspecified atom stereocenters. The predicted octanol–water partition coefficient (Wildman–Crippen LogP) is 2.48. The number of rotatable bonds is 9. The summed E-state index contributed by atoms with van der Waals surface area (Å²) in [7, 11) is -0.568. The summed E-state index contributed by atoms with van der Waals surface area (Å²) in [5, 5.41) is 13.3. The monoisotopic (exact) mass is 327 g/mol. The summed E-state index contributed by atoms with van der Waals surface area (Å²) in [6.45, 7) is 3.21. The fraction of sp³-hybridized carbons (Fsp3) is 0.600. The number of aliphatic hydroxyl groups is 1. The average Bonchev–Trinajstić information content (AvgIpc) is 3.12. The molecular weight excluding hydrogens is 302 g/mol. The second-order valence-corrected chi connectivity index (χ2v) is 10.1. The molecule has 0 radical (unpaired) electrons. The summed E-state index contributed by atoms with van der Waals surface area (Å²) < 4.78 is 12.5. The van der Waals surface area contributed by atoms with Gasteiger partial charge in [-0.25, -0.2) is 15.0 Å². The van der Waals surface area contributed by atoms with Crippen LogP contribution in [0.25, 0.3) is 11.5 Å². The van der Waals surface area contributed by atoms with Crippen molar-refractivity contribution in [1.82, 2.24) is 14.7 Å². The Balaban J connectivity index is 1.96. The maximum absolute atomic E-state index is 9.43. The molecule has 7 heteroatoms. The van der Waals surface area contributed by atoms with Gasteiger partial charge in [-0.1, -0.05) is 12.1 Å². The number of ether oxygens (including phenoxy) is 1. The van der Waals surface area contributed by atoms with Gasteiger partial charge < -0.3 is 18.9 Å². The van der Waals surface area contributed by atoms with Crippen molar-refractivity contribution >= 4 is 10.0 Å². The van der Waals surface area contributed by atoms with E-state index in [-0.39, 0.29) is 6.61 Å². The summed E-state index contributed by atoms with van der Waals surface area (Å²) in [6, 6.07) is 1.74. The topological polar surface area (TPSA) is 73.3 Å². The van der Waals surface area contributed by atoms with Gasteiger partial charge in [0.25, 0.3) is 0 Å². The molecule has 2 aromatic rings. The second-order valence-electron chi connectivity index (χ2n) is 5.76. The minimum absolute atomic E-state index is 0.0826. The van der Waals surface area contributed by atoms with Gasteiger partial charge in [-0.2, -0.15) is 0 Å². The molecule has 0 aromatic carbocycles. The lowest BCUT2D eigenvalue weighted by molar-refractivity contribution is 0.0856. The number of nitrogens with zero attached hydrogens (tertiary/aromatic N) is 3. The molecule has 6 nitrogen and oxygen atoms in total. The molecule has 0 aliphatic carbocycles. The van der Waals surface area contributed by atoms with E-state index >= 15 is 0 Å². The summed E-state index contributed by atoms with van der Waals surface area (Å²) in [5.74, 6) is 3.01. The molecule has 2 heterocycles. The maximum atomic E-state index is 9.43. The Kier molecular flexibility index (Phi) is 6.05. The largest absolute Gasteiger partial charge is 0.390 e. The van der Waals surface area contributed by atoms with Crippen LogP contribution in [0.1, 0.15) is 19.0 Å². The van der Waals surface area contributed by atoms with E-state index in [0.29, 0.717) is 30.5 Å². The van der Waals surface area contributed by atoms with Crippen LogP contribution < -0.4 is 0 Å². The summed E-state index contributed by atoms with van der Waals surface area (Å²) in [4.78, 5) is 4.29. The first kappa shape index (κ1) is 17.1. The lowest BCUT2D eigenvalue weighted by Gasteiger charge is -2.30. The van der Waals surface area contributed by atoms with E-state index in [1.54, 1.807) is 12.3 Å². The minimum atomic E-state index is -0.568. The van der Waals surface area contributed by atoms with E-state index in [9.17, 15) is 5.11 Å². The fourth-order valence-electron chi connectivity index (χ4n) is 2.31. The van der Waals surface area contributed by atoms with Crippen LogP contribution in [-0.4, -0.2) is 50.4 Å². The van der Waals surface area contributed by atoms with E-state index in [2.05, 4.69) is 29.6 Å². The van der Waals surface area contributed by atoms with Gasteiger partial charge in [0.1, 0.15) is 18.7 Å². The first-order valence-electron chi connectivity index (χ1n) is 7.40. The van der Waals surface area contributed by atoms with Gasteiger partial charge in [0.15, 0.2) is 5.82 Å². The Morgan fingerprint density at radius 3 is 2.82 bits per heavy atom. The summed E-state index contributed by atoms with van der Waals surface area (Å²) in [6.07, 6.45) is 9.05. The zero-order valence-electron chi connectivity index (χ0n) is 13.5. The molecule has 124 valence electrons. The van der Waals surface area contributed by atoms with E-state index in [1.165, 1.54) is 18.4 Å². The van der Waals surface area contributed by atoms with Crippen molar-refractivity contribution in [3.63, 3.8) is 0 Å². The van der Waals surface area contributed by atoms with E-state index in [0.717, 1.165) is 5.75 Å². The number of hydrogen-bond acceptors (Lipinski definition) is 5. The molecule has 0 aliphatic heterocycles. The molecule has 1 N–H and O–H groups in total. The van der Waals surface area contributed by atoms with Gasteiger partial charge >= 0.3 is 0 Å². The van der Waals surface area contributed by atoms with Crippen LogP contribution in [0.3, 0.4) is 0 Å². The lowest BCUT2D eigenvalue weighted by atomic mass is 10.4. The van der Waals surface area contributed by atoms with Crippen LogP contribution in [-0.2, 0) is 18.1 Å². The standard InChI is InChI=1S/C15H25N3O3S/c1-4-8-22(2,3)9-7-20-12-18-13(11-19)10-16-15(18)14-5-6-21-17-14/h5-6,10,19H,4,7-9,11-12H2,1-3H3. The highest BCUT2D eigenvalue weighted by atomic mass is 32.3. The van der Waals surface area contributed by atoms with Crippen LogP contribution in [0.4, 0.5) is 0 Å². The predicted molar refractivity (Wildman–Crippen MR) is 89.1 cm³/mol. The molecule has 0 saturated heterocycles. The van der Waals surface area contributed by atoms with Crippen LogP contribution in [0.2, 0.25) is 0 Å². The smallest absolute Gasteiger partial charge is 0.164 e. The lowest BCUT2D eigenvalue weighted by Crippen LogP contribution is -2.14. The molecule has 0 saturated carbocycles. The highest BCUT2D eigenvalue weighted by molar-refractivity contribution is 8.32. The second kappa shape index (κ2) is 7.80. The third-order valence-electron chi connectivity index (χ3n) is 3.52. The molecule has 0 spiro atoms. The van der Waals surface area contributed by atoms with E-state index < -0.39 is 10.0 Å². The van der Waals surface area contributed by atoms with Crippen molar-refractivity contribution in [2.45, 2.75) is 26.7 Å². The number of hydrogen-bond donors (Lipinski definition) is 1. The normalized spacial score (nSPS) is 12.7. The molecule has 0 atom stereocenters. The van der Waals surface area contributed by atoms with Crippen molar-refractivity contribution in [3.05, 3.63) is 24.2 Å². The molecule has 0 fully saturated rings. The summed E-state index contributed by atoms with van der Waals surface area (Å²) >= 11 is 0. The summed E-state index contributed by atoms with van der Waals surface area (Å²) in [5.41, 5.74) is 1.35. The van der Waals surface area contributed by atoms with Crippen LogP contribution >= 0.6 is 10.0 Å². The zero-order valence-corrected chi connectivity index (χ0v) is 14.3. The molecule has 22 heavy (non-hydrogen) atoms. The molecule has 0 amide bonds. The van der Waals surface area contributed by atoms with Gasteiger partial charge in [0, 0.05) is 11.8 Å². The van der Waals surface area contributed by atoms with Gasteiger partial charge in [-0.3, -0.25) is 0 Å². The Morgan fingerprint density at radius 2 is 2.18 bits per heavy atom. The first-order valence-corrected chi connectivity index (χ1v) is 10.2. The van der Waals surface area contributed by atoms with E-state index in [4.69, 9.17) is 9.26 Å². The zero-order chi connectivity index (χ0) is 16.0. The number of aliphatic hydroxyl groups excluding tert-OH is 1. The van der Waals surface area contributed by atoms with Crippen molar-refractivity contribution in [2.75, 3.05) is 30.6 Å². The fourth-order valence-corrected chi connectivity index (χ4v) is 4.19. The van der Waals surface area contributed by atoms with Gasteiger partial charge in [-0.15, -0.1) is 0 Å². The van der Waals surface area contributed by atoms with Crippen LogP contribution in [0.5, 0.6) is 0 Å². The third-order valence-corrected chi connectivity index (χ3v) is 6.31. The van der Waals surface area contributed by atoms with Gasteiger partial charge in [0.05, 0.1) is 25.1 Å². The SMILES string of the molecule is CCCS(C)(C)CCOCn1c(CO)cnc1-c1ccon1. The van der Waals surface area contributed by atoms with Crippen molar-refractivity contribution < 1.29 is 14.4 Å². The van der Waals surface area contributed by atoms with Gasteiger partial charge in [0.2, 0.25) is 0 Å². The van der Waals surface area contributed by atoms with Crippen molar-refractivity contribution in [2.24, 2.45) is 0 Å². The third kappa shape index (κ3) is 4.34. The Bertz CT molecular complexity index is 567. The Morgan fingerprint density at radius 1 is 1.36 bits per heavy atom. The molecule has 0 bridgehead atoms. The quantitative estimate of drug-likeness (QED) is 0.716.